The van der Waals surface area contributed by atoms with Crippen molar-refractivity contribution in [3.8, 4) is 11.3 Å². The van der Waals surface area contributed by atoms with E-state index in [0.717, 1.165) is 0 Å². The van der Waals surface area contributed by atoms with Crippen LogP contribution >= 0.6 is 0 Å². The summed E-state index contributed by atoms with van der Waals surface area (Å²) in [5.41, 5.74) is 1.00. The molecule has 0 amide bonds. The average Bonchev–Trinajstić information content (AvgIpc) is 2.81. The van der Waals surface area contributed by atoms with Gasteiger partial charge in [-0.2, -0.15) is 5.10 Å². The Hall–Kier alpha value is -2.50. The van der Waals surface area contributed by atoms with Crippen molar-refractivity contribution in [2.45, 2.75) is 13.5 Å². The van der Waals surface area contributed by atoms with Gasteiger partial charge in [0, 0.05) is 18.8 Å². The number of carbonyl (C=O) groups excluding carboxylic acids is 1. The number of aromatic nitrogens is 2. The molecule has 0 unspecified atom stereocenters. The monoisotopic (exact) mass is 245 g/mol. The molecule has 0 aliphatic heterocycles. The van der Waals surface area contributed by atoms with Gasteiger partial charge in [0.1, 0.15) is 5.69 Å². The molecule has 0 fully saturated rings. The standard InChI is InChI=1S/C12H11N3O3/c1-2-14-7-9(8-16)12(13-14)10-5-3-4-6-11(10)15(17)18/h3-8H,2H2,1H3. The number of hydrogen-bond donors (Lipinski definition) is 0. The minimum Gasteiger partial charge on any atom is -0.298 e. The summed E-state index contributed by atoms with van der Waals surface area (Å²) in [6.07, 6.45) is 2.24. The summed E-state index contributed by atoms with van der Waals surface area (Å²) in [6, 6.07) is 6.25. The molecule has 92 valence electrons. The maximum atomic E-state index is 11.0. The molecule has 0 atom stereocenters. The zero-order chi connectivity index (χ0) is 13.1. The van der Waals surface area contributed by atoms with Gasteiger partial charge < -0.3 is 0 Å². The first kappa shape index (κ1) is 12.0. The van der Waals surface area contributed by atoms with Crippen LogP contribution in [-0.2, 0) is 6.54 Å². The van der Waals surface area contributed by atoms with Gasteiger partial charge in [0.2, 0.25) is 0 Å². The average molecular weight is 245 g/mol. The number of hydrogen-bond acceptors (Lipinski definition) is 4. The number of nitrogens with zero attached hydrogens (tertiary/aromatic N) is 3. The lowest BCUT2D eigenvalue weighted by Gasteiger charge is -2.00. The van der Waals surface area contributed by atoms with Gasteiger partial charge in [0.15, 0.2) is 6.29 Å². The third kappa shape index (κ3) is 2.00. The number of carbonyl (C=O) groups is 1. The Bertz CT molecular complexity index is 604. The second kappa shape index (κ2) is 4.79. The normalized spacial score (nSPS) is 10.3. The number of nitro groups is 1. The van der Waals surface area contributed by atoms with Crippen molar-refractivity contribution in [1.82, 2.24) is 9.78 Å². The quantitative estimate of drug-likeness (QED) is 0.470. The van der Waals surface area contributed by atoms with Crippen molar-refractivity contribution in [2.75, 3.05) is 0 Å². The molecular weight excluding hydrogens is 234 g/mol. The van der Waals surface area contributed by atoms with Crippen molar-refractivity contribution in [2.24, 2.45) is 0 Å². The highest BCUT2D eigenvalue weighted by Gasteiger charge is 2.19. The molecular formula is C12H11N3O3. The Balaban J connectivity index is 2.64. The molecule has 2 rings (SSSR count). The first-order chi connectivity index (χ1) is 8.67. The fourth-order valence-corrected chi connectivity index (χ4v) is 1.73. The molecule has 6 nitrogen and oxygen atoms in total. The van der Waals surface area contributed by atoms with E-state index in [1.54, 1.807) is 29.1 Å². The topological polar surface area (TPSA) is 78.0 Å². The zero-order valence-electron chi connectivity index (χ0n) is 9.74. The molecule has 18 heavy (non-hydrogen) atoms. The van der Waals surface area contributed by atoms with Crippen LogP contribution in [0.5, 0.6) is 0 Å². The maximum absolute atomic E-state index is 11.0. The predicted octanol–water partition coefficient (Wildman–Crippen LogP) is 2.29. The lowest BCUT2D eigenvalue weighted by atomic mass is 10.1. The maximum Gasteiger partial charge on any atom is 0.278 e. The summed E-state index contributed by atoms with van der Waals surface area (Å²) in [6.45, 7) is 2.48. The van der Waals surface area contributed by atoms with Crippen LogP contribution in [0.25, 0.3) is 11.3 Å². The molecule has 0 saturated carbocycles. The van der Waals surface area contributed by atoms with Crippen molar-refractivity contribution < 1.29 is 9.72 Å². The fourth-order valence-electron chi connectivity index (χ4n) is 1.73. The van der Waals surface area contributed by atoms with Crippen LogP contribution < -0.4 is 0 Å². The molecule has 2 aromatic rings. The highest BCUT2D eigenvalue weighted by Crippen LogP contribution is 2.30. The Labute approximate surface area is 103 Å². The van der Waals surface area contributed by atoms with Crippen molar-refractivity contribution >= 4 is 12.0 Å². The van der Waals surface area contributed by atoms with E-state index in [2.05, 4.69) is 5.10 Å². The Kier molecular flexibility index (Phi) is 3.18. The van der Waals surface area contributed by atoms with Gasteiger partial charge in [-0.05, 0) is 13.0 Å². The SMILES string of the molecule is CCn1cc(C=O)c(-c2ccccc2[N+](=O)[O-])n1. The molecule has 0 N–H and O–H groups in total. The van der Waals surface area contributed by atoms with Crippen LogP contribution in [0.2, 0.25) is 0 Å². The Morgan fingerprint density at radius 2 is 2.17 bits per heavy atom. The fraction of sp³-hybridized carbons (Fsp3) is 0.167. The van der Waals surface area contributed by atoms with Crippen molar-refractivity contribution in [1.29, 1.82) is 0 Å². The van der Waals surface area contributed by atoms with Crippen LogP contribution in [0.3, 0.4) is 0 Å². The van der Waals surface area contributed by atoms with Crippen LogP contribution in [-0.4, -0.2) is 21.0 Å². The number of para-hydroxylation sites is 1. The van der Waals surface area contributed by atoms with Crippen LogP contribution in [0.15, 0.2) is 30.5 Å². The summed E-state index contributed by atoms with van der Waals surface area (Å²) < 4.78 is 1.58. The minimum absolute atomic E-state index is 0.0537. The van der Waals surface area contributed by atoms with Gasteiger partial charge in [0.05, 0.1) is 16.1 Å². The van der Waals surface area contributed by atoms with Crippen molar-refractivity contribution in [3.63, 3.8) is 0 Å². The summed E-state index contributed by atoms with van der Waals surface area (Å²) in [7, 11) is 0. The van der Waals surface area contributed by atoms with E-state index in [-0.39, 0.29) is 5.69 Å². The smallest absolute Gasteiger partial charge is 0.278 e. The third-order valence-electron chi connectivity index (χ3n) is 2.60. The van der Waals surface area contributed by atoms with Gasteiger partial charge in [-0.3, -0.25) is 19.6 Å². The van der Waals surface area contributed by atoms with E-state index in [0.29, 0.717) is 29.7 Å². The molecule has 0 aliphatic carbocycles. The first-order valence-corrected chi connectivity index (χ1v) is 5.43. The summed E-state index contributed by atoms with van der Waals surface area (Å²) >= 11 is 0. The predicted molar refractivity (Wildman–Crippen MR) is 65.4 cm³/mol. The molecule has 0 aliphatic rings. The molecule has 0 saturated heterocycles. The largest absolute Gasteiger partial charge is 0.298 e. The molecule has 1 aromatic heterocycles. The minimum atomic E-state index is -0.477. The highest BCUT2D eigenvalue weighted by molar-refractivity contribution is 5.87. The Morgan fingerprint density at radius 3 is 2.78 bits per heavy atom. The summed E-state index contributed by atoms with van der Waals surface area (Å²) in [4.78, 5) is 21.5. The highest BCUT2D eigenvalue weighted by atomic mass is 16.6. The van der Waals surface area contributed by atoms with E-state index < -0.39 is 4.92 Å². The number of benzene rings is 1. The van der Waals surface area contributed by atoms with E-state index in [4.69, 9.17) is 0 Å². The second-order valence-electron chi connectivity index (χ2n) is 3.68. The summed E-state index contributed by atoms with van der Waals surface area (Å²) in [5.74, 6) is 0. The lowest BCUT2D eigenvalue weighted by Crippen LogP contribution is -1.96. The number of aryl methyl sites for hydroxylation is 1. The van der Waals surface area contributed by atoms with E-state index in [1.807, 2.05) is 6.92 Å². The van der Waals surface area contributed by atoms with E-state index in [9.17, 15) is 14.9 Å². The zero-order valence-corrected chi connectivity index (χ0v) is 9.74. The number of rotatable bonds is 4. The van der Waals surface area contributed by atoms with Crippen LogP contribution in [0.4, 0.5) is 5.69 Å². The van der Waals surface area contributed by atoms with Gasteiger partial charge in [-0.1, -0.05) is 12.1 Å². The number of aldehydes is 1. The third-order valence-corrected chi connectivity index (χ3v) is 2.60. The second-order valence-corrected chi connectivity index (χ2v) is 3.68. The van der Waals surface area contributed by atoms with Crippen LogP contribution in [0.1, 0.15) is 17.3 Å². The van der Waals surface area contributed by atoms with Crippen molar-refractivity contribution in [3.05, 3.63) is 46.1 Å². The number of nitro benzene ring substituents is 1. The van der Waals surface area contributed by atoms with E-state index >= 15 is 0 Å². The molecule has 0 spiro atoms. The molecule has 6 heteroatoms. The molecule has 0 radical (unpaired) electrons. The lowest BCUT2D eigenvalue weighted by molar-refractivity contribution is -0.384. The summed E-state index contributed by atoms with van der Waals surface area (Å²) in [5, 5.41) is 15.1. The van der Waals surface area contributed by atoms with Gasteiger partial charge in [0.25, 0.3) is 5.69 Å². The van der Waals surface area contributed by atoms with Gasteiger partial charge >= 0.3 is 0 Å². The first-order valence-electron chi connectivity index (χ1n) is 5.43. The molecule has 0 bridgehead atoms. The van der Waals surface area contributed by atoms with E-state index in [1.165, 1.54) is 6.07 Å². The Morgan fingerprint density at radius 1 is 1.44 bits per heavy atom. The molecule has 1 aromatic carbocycles. The molecule has 1 heterocycles. The van der Waals surface area contributed by atoms with Gasteiger partial charge in [-0.15, -0.1) is 0 Å². The van der Waals surface area contributed by atoms with Crippen LogP contribution in [0, 0.1) is 10.1 Å². The van der Waals surface area contributed by atoms with Gasteiger partial charge in [-0.25, -0.2) is 0 Å².